The number of amides is 1. The van der Waals surface area contributed by atoms with E-state index in [0.717, 1.165) is 11.4 Å². The van der Waals surface area contributed by atoms with Gasteiger partial charge in [0.2, 0.25) is 0 Å². The molecule has 0 heterocycles. The van der Waals surface area contributed by atoms with Gasteiger partial charge in [0.1, 0.15) is 0 Å². The van der Waals surface area contributed by atoms with E-state index in [4.69, 9.17) is 0 Å². The fraction of sp³-hybridized carbons (Fsp3) is 0.235. The third-order valence-corrected chi connectivity index (χ3v) is 2.42. The molecule has 0 spiro atoms. The van der Waals surface area contributed by atoms with Crippen molar-refractivity contribution in [1.82, 2.24) is 0 Å². The Labute approximate surface area is 163 Å². The Morgan fingerprint density at radius 3 is 1.91 bits per heavy atom. The third-order valence-electron chi connectivity index (χ3n) is 2.42. The molecule has 4 nitrogen and oxygen atoms in total. The number of rotatable bonds is 3. The summed E-state index contributed by atoms with van der Waals surface area (Å²) < 4.78 is 0. The van der Waals surface area contributed by atoms with Crippen LogP contribution in [0.1, 0.15) is 24.2 Å². The van der Waals surface area contributed by atoms with Gasteiger partial charge in [-0.25, -0.2) is 0 Å². The van der Waals surface area contributed by atoms with Crippen molar-refractivity contribution in [3.05, 3.63) is 65.5 Å². The van der Waals surface area contributed by atoms with Gasteiger partial charge in [-0.2, -0.15) is 0 Å². The van der Waals surface area contributed by atoms with Gasteiger partial charge in [0.25, 0.3) is 5.91 Å². The molecule has 0 atom stereocenters. The van der Waals surface area contributed by atoms with Crippen LogP contribution in [0.4, 0.5) is 11.4 Å². The first-order valence-corrected chi connectivity index (χ1v) is 6.93. The molecule has 0 aromatic heterocycles. The van der Waals surface area contributed by atoms with E-state index < -0.39 is 0 Å². The molecule has 1 amide bonds. The Morgan fingerprint density at radius 2 is 1.45 bits per heavy atom. The number of nitrogens with one attached hydrogen (secondary N) is 1. The van der Waals surface area contributed by atoms with E-state index in [1.807, 2.05) is 56.3 Å². The minimum atomic E-state index is -0.112. The van der Waals surface area contributed by atoms with Crippen molar-refractivity contribution in [2.24, 2.45) is 5.73 Å². The van der Waals surface area contributed by atoms with E-state index in [1.165, 1.54) is 7.05 Å². The maximum atomic E-state index is 11.9. The summed E-state index contributed by atoms with van der Waals surface area (Å²) in [6.07, 6.45) is 0. The quantitative estimate of drug-likeness (QED) is 0.688. The molecule has 125 valence electrons. The molecular weight excluding hydrogens is 427 g/mol. The predicted octanol–water partition coefficient (Wildman–Crippen LogP) is 4.18. The molecule has 3 N–H and O–H groups in total. The number of carbonyl (C=O) groups is 1. The number of carbonyl (C=O) groups excluding carboxylic acids is 1. The number of para-hydroxylation sites is 1. The second-order valence-corrected chi connectivity index (χ2v) is 3.59. The average molecular weight is 451 g/mol. The molecule has 2 rings (SSSR count). The van der Waals surface area contributed by atoms with Crippen molar-refractivity contribution in [1.29, 1.82) is 0 Å². The van der Waals surface area contributed by atoms with Crippen LogP contribution in [-0.2, 0) is 0 Å². The number of anilines is 1. The summed E-state index contributed by atoms with van der Waals surface area (Å²) in [4.78, 5) is 11.9. The topological polar surface area (TPSA) is 69.2 Å². The Bertz CT molecular complexity index is 501. The summed E-state index contributed by atoms with van der Waals surface area (Å²) >= 11 is 0. The zero-order chi connectivity index (χ0) is 16.1. The zero-order valence-electron chi connectivity index (χ0n) is 13.4. The number of nitrogens with two attached hydrogens (primary N) is 1. The zero-order valence-corrected chi connectivity index (χ0v) is 15.4. The van der Waals surface area contributed by atoms with Crippen molar-refractivity contribution >= 4 is 17.3 Å². The standard InChI is InChI=1S/C14H14N2O.C2H6.CH5N.Ho/c1-15-12-9-7-11(8-10-12)14(17)16-13-5-3-2-4-6-13;2*1-2;/h2-10H,1H3,(H2,15,16,17);1-2H3;2H2,1H3;/p-1. The molecule has 0 saturated heterocycles. The number of hydrogen-bond acceptors (Lipinski definition) is 2. The van der Waals surface area contributed by atoms with Crippen LogP contribution in [0.5, 0.6) is 0 Å². The Kier molecular flexibility index (Phi) is 15.7. The molecule has 0 unspecified atom stereocenters. The van der Waals surface area contributed by atoms with Crippen molar-refractivity contribution in [2.45, 2.75) is 13.8 Å². The first-order chi connectivity index (χ1) is 10.3. The predicted molar refractivity (Wildman–Crippen MR) is 91.2 cm³/mol. The minimum absolute atomic E-state index is 0. The molecule has 5 heteroatoms. The van der Waals surface area contributed by atoms with Crippen LogP contribution in [-0.4, -0.2) is 20.0 Å². The summed E-state index contributed by atoms with van der Waals surface area (Å²) in [5.41, 5.74) is 6.78. The van der Waals surface area contributed by atoms with Crippen LogP contribution in [0.15, 0.2) is 54.6 Å². The van der Waals surface area contributed by atoms with E-state index in [9.17, 15) is 4.79 Å². The number of hydrogen-bond donors (Lipinski definition) is 2. The fourth-order valence-corrected chi connectivity index (χ4v) is 1.49. The molecule has 0 aliphatic carbocycles. The molecule has 0 aliphatic rings. The summed E-state index contributed by atoms with van der Waals surface area (Å²) in [5, 5.41) is 6.85. The molecule has 0 aliphatic heterocycles. The third kappa shape index (κ3) is 8.39. The molecule has 1 radical (unpaired) electrons. The molecular formula is C17H24HoN3O-. The Morgan fingerprint density at radius 1 is 0.955 bits per heavy atom. The van der Waals surface area contributed by atoms with Crippen molar-refractivity contribution in [3.8, 4) is 0 Å². The summed E-state index contributed by atoms with van der Waals surface area (Å²) in [5.74, 6) is -0.112. The van der Waals surface area contributed by atoms with Gasteiger partial charge in [0.15, 0.2) is 0 Å². The summed E-state index contributed by atoms with van der Waals surface area (Å²) in [6, 6.07) is 16.6. The van der Waals surface area contributed by atoms with Gasteiger partial charge in [-0.1, -0.05) is 56.3 Å². The van der Waals surface area contributed by atoms with Crippen LogP contribution >= 0.6 is 0 Å². The fourth-order valence-electron chi connectivity index (χ4n) is 1.49. The second-order valence-electron chi connectivity index (χ2n) is 3.59. The van der Waals surface area contributed by atoms with Crippen LogP contribution in [0.3, 0.4) is 0 Å². The van der Waals surface area contributed by atoms with Gasteiger partial charge in [-0.3, -0.25) is 4.79 Å². The van der Waals surface area contributed by atoms with Crippen molar-refractivity contribution < 1.29 is 42.5 Å². The van der Waals surface area contributed by atoms with E-state index in [2.05, 4.69) is 16.4 Å². The monoisotopic (exact) mass is 451 g/mol. The van der Waals surface area contributed by atoms with Crippen LogP contribution in [0, 0.1) is 37.7 Å². The van der Waals surface area contributed by atoms with Crippen LogP contribution in [0.2, 0.25) is 0 Å². The maximum absolute atomic E-state index is 11.9. The SMILES string of the molecule is CC.CN.C[N-]c1ccc(C(=O)Nc2ccccc2)cc1.[Ho]. The molecule has 2 aromatic carbocycles. The number of benzene rings is 2. The van der Waals surface area contributed by atoms with E-state index >= 15 is 0 Å². The van der Waals surface area contributed by atoms with Gasteiger partial charge in [-0.05, 0) is 19.2 Å². The van der Waals surface area contributed by atoms with E-state index in [0.29, 0.717) is 5.56 Å². The van der Waals surface area contributed by atoms with Gasteiger partial charge < -0.3 is 16.4 Å². The maximum Gasteiger partial charge on any atom is 0.255 e. The minimum Gasteiger partial charge on any atom is -0.687 e. The largest absolute Gasteiger partial charge is 0.687 e. The van der Waals surface area contributed by atoms with Crippen LogP contribution < -0.4 is 11.1 Å². The van der Waals surface area contributed by atoms with E-state index in [-0.39, 0.29) is 43.6 Å². The number of nitrogens with zero attached hydrogens (tertiary/aromatic N) is 1. The van der Waals surface area contributed by atoms with E-state index in [1.54, 1.807) is 19.2 Å². The molecule has 0 bridgehead atoms. The van der Waals surface area contributed by atoms with Gasteiger partial charge in [0.05, 0.1) is 0 Å². The summed E-state index contributed by atoms with van der Waals surface area (Å²) in [7, 11) is 3.22. The van der Waals surface area contributed by atoms with Gasteiger partial charge in [-0.15, -0.1) is 12.7 Å². The molecule has 0 saturated carbocycles. The Hall–Kier alpha value is -1.07. The molecule has 22 heavy (non-hydrogen) atoms. The first kappa shape index (κ1) is 23.2. The second kappa shape index (κ2) is 14.8. The first-order valence-electron chi connectivity index (χ1n) is 6.93. The van der Waals surface area contributed by atoms with Crippen LogP contribution in [0.25, 0.3) is 5.32 Å². The molecule has 0 fully saturated rings. The van der Waals surface area contributed by atoms with Gasteiger partial charge in [0, 0.05) is 49.0 Å². The van der Waals surface area contributed by atoms with Gasteiger partial charge >= 0.3 is 0 Å². The summed E-state index contributed by atoms with van der Waals surface area (Å²) in [6.45, 7) is 4.00. The average Bonchev–Trinajstić information content (AvgIpc) is 2.59. The normalized spacial score (nSPS) is 8.05. The molecule has 2 aromatic rings. The van der Waals surface area contributed by atoms with Crippen molar-refractivity contribution in [3.63, 3.8) is 0 Å². The smallest absolute Gasteiger partial charge is 0.255 e. The Balaban J connectivity index is 0. The van der Waals surface area contributed by atoms with Crippen molar-refractivity contribution in [2.75, 3.05) is 19.4 Å².